The van der Waals surface area contributed by atoms with Gasteiger partial charge in [-0.25, -0.2) is 0 Å². The zero-order valence-electron chi connectivity index (χ0n) is 9.64. The Hall–Kier alpha value is -1.97. The lowest BCUT2D eigenvalue weighted by atomic mass is 10.2. The van der Waals surface area contributed by atoms with Crippen molar-refractivity contribution in [2.45, 2.75) is 18.8 Å². The summed E-state index contributed by atoms with van der Waals surface area (Å²) in [5, 5.41) is 2.84. The van der Waals surface area contributed by atoms with Crippen LogP contribution in [-0.2, 0) is 0 Å². The van der Waals surface area contributed by atoms with Crippen LogP contribution in [-0.4, -0.2) is 16.9 Å². The SMILES string of the molecule is COc1cccc(-n2[nH]c(=O)cc2C2CC2)c1. The van der Waals surface area contributed by atoms with Crippen molar-refractivity contribution in [1.82, 2.24) is 9.78 Å². The van der Waals surface area contributed by atoms with Crippen molar-refractivity contribution >= 4 is 0 Å². The van der Waals surface area contributed by atoms with E-state index in [1.165, 1.54) is 12.8 Å². The van der Waals surface area contributed by atoms with Gasteiger partial charge in [-0.15, -0.1) is 0 Å². The van der Waals surface area contributed by atoms with Crippen LogP contribution in [0.1, 0.15) is 24.5 Å². The Morgan fingerprint density at radius 1 is 1.35 bits per heavy atom. The minimum absolute atomic E-state index is 0.0466. The molecule has 1 saturated carbocycles. The summed E-state index contributed by atoms with van der Waals surface area (Å²) in [6.07, 6.45) is 2.34. The third-order valence-electron chi connectivity index (χ3n) is 3.07. The van der Waals surface area contributed by atoms with Gasteiger partial charge in [0.25, 0.3) is 5.56 Å². The third kappa shape index (κ3) is 1.86. The van der Waals surface area contributed by atoms with E-state index in [9.17, 15) is 4.79 Å². The fourth-order valence-electron chi connectivity index (χ4n) is 2.05. The van der Waals surface area contributed by atoms with Crippen molar-refractivity contribution in [2.75, 3.05) is 7.11 Å². The third-order valence-corrected chi connectivity index (χ3v) is 3.07. The molecule has 17 heavy (non-hydrogen) atoms. The molecule has 1 N–H and O–H groups in total. The zero-order valence-corrected chi connectivity index (χ0v) is 9.64. The highest BCUT2D eigenvalue weighted by atomic mass is 16.5. The van der Waals surface area contributed by atoms with Crippen molar-refractivity contribution in [3.05, 3.63) is 46.4 Å². The molecule has 1 aromatic carbocycles. The first kappa shape index (κ1) is 10.2. The highest BCUT2D eigenvalue weighted by molar-refractivity contribution is 5.40. The molecule has 1 fully saturated rings. The van der Waals surface area contributed by atoms with E-state index in [-0.39, 0.29) is 5.56 Å². The number of hydrogen-bond acceptors (Lipinski definition) is 2. The smallest absolute Gasteiger partial charge is 0.264 e. The van der Waals surface area contributed by atoms with Gasteiger partial charge in [0.05, 0.1) is 12.8 Å². The molecule has 0 aliphatic heterocycles. The number of rotatable bonds is 3. The Morgan fingerprint density at radius 2 is 2.18 bits per heavy atom. The summed E-state index contributed by atoms with van der Waals surface area (Å²) in [6, 6.07) is 9.38. The molecule has 0 radical (unpaired) electrons. The lowest BCUT2D eigenvalue weighted by Gasteiger charge is -2.08. The summed E-state index contributed by atoms with van der Waals surface area (Å²) in [4.78, 5) is 11.5. The van der Waals surface area contributed by atoms with E-state index in [0.29, 0.717) is 5.92 Å². The standard InChI is InChI=1S/C13H14N2O2/c1-17-11-4-2-3-10(7-11)15-12(9-5-6-9)8-13(16)14-15/h2-4,7-9H,5-6H2,1H3,(H,14,16). The van der Waals surface area contributed by atoms with E-state index in [1.54, 1.807) is 13.2 Å². The predicted octanol–water partition coefficient (Wildman–Crippen LogP) is 2.05. The fourth-order valence-corrected chi connectivity index (χ4v) is 2.05. The van der Waals surface area contributed by atoms with Crippen molar-refractivity contribution in [3.63, 3.8) is 0 Å². The molecule has 1 heterocycles. The number of nitrogens with one attached hydrogen (secondary N) is 1. The number of nitrogens with zero attached hydrogens (tertiary/aromatic N) is 1. The number of aromatic nitrogens is 2. The van der Waals surface area contributed by atoms with Crippen LogP contribution in [0.4, 0.5) is 0 Å². The lowest BCUT2D eigenvalue weighted by Crippen LogP contribution is -2.05. The number of methoxy groups -OCH3 is 1. The minimum atomic E-state index is -0.0466. The van der Waals surface area contributed by atoms with Crippen LogP contribution in [0.3, 0.4) is 0 Å². The normalized spacial score (nSPS) is 14.9. The maximum Gasteiger partial charge on any atom is 0.264 e. The quantitative estimate of drug-likeness (QED) is 0.877. The summed E-state index contributed by atoms with van der Waals surface area (Å²) in [7, 11) is 1.64. The molecule has 88 valence electrons. The van der Waals surface area contributed by atoms with Crippen LogP contribution in [0.2, 0.25) is 0 Å². The van der Waals surface area contributed by atoms with Crippen LogP contribution in [0.5, 0.6) is 5.75 Å². The van der Waals surface area contributed by atoms with Gasteiger partial charge in [0.2, 0.25) is 0 Å². The van der Waals surface area contributed by atoms with Crippen molar-refractivity contribution in [2.24, 2.45) is 0 Å². The Labute approximate surface area is 98.8 Å². The van der Waals surface area contributed by atoms with Gasteiger partial charge in [-0.1, -0.05) is 6.07 Å². The maximum atomic E-state index is 11.5. The number of aromatic amines is 1. The van der Waals surface area contributed by atoms with Gasteiger partial charge in [0, 0.05) is 23.7 Å². The average Bonchev–Trinajstić information content (AvgIpc) is 3.12. The first-order valence-electron chi connectivity index (χ1n) is 5.74. The average molecular weight is 230 g/mol. The zero-order chi connectivity index (χ0) is 11.8. The number of H-pyrrole nitrogens is 1. The second-order valence-electron chi connectivity index (χ2n) is 4.36. The Balaban J connectivity index is 2.10. The number of hydrogen-bond donors (Lipinski definition) is 1. The second kappa shape index (κ2) is 3.80. The van der Waals surface area contributed by atoms with E-state index in [2.05, 4.69) is 5.10 Å². The fraction of sp³-hybridized carbons (Fsp3) is 0.308. The molecule has 1 aromatic heterocycles. The summed E-state index contributed by atoms with van der Waals surface area (Å²) in [5.74, 6) is 1.32. The van der Waals surface area contributed by atoms with Gasteiger partial charge in [0.15, 0.2) is 0 Å². The van der Waals surface area contributed by atoms with Crippen LogP contribution in [0.15, 0.2) is 35.1 Å². The topological polar surface area (TPSA) is 47.0 Å². The highest BCUT2D eigenvalue weighted by Crippen LogP contribution is 2.40. The van der Waals surface area contributed by atoms with Crippen molar-refractivity contribution < 1.29 is 4.74 Å². The lowest BCUT2D eigenvalue weighted by molar-refractivity contribution is 0.414. The highest BCUT2D eigenvalue weighted by Gasteiger charge is 2.27. The molecule has 1 aliphatic rings. The molecule has 0 saturated heterocycles. The Morgan fingerprint density at radius 3 is 2.88 bits per heavy atom. The van der Waals surface area contributed by atoms with E-state index in [1.807, 2.05) is 28.9 Å². The van der Waals surface area contributed by atoms with Crippen LogP contribution >= 0.6 is 0 Å². The molecule has 4 heteroatoms. The molecular weight excluding hydrogens is 216 g/mol. The number of benzene rings is 1. The van der Waals surface area contributed by atoms with Crippen LogP contribution in [0.25, 0.3) is 5.69 Å². The summed E-state index contributed by atoms with van der Waals surface area (Å²) in [6.45, 7) is 0. The molecule has 0 amide bonds. The summed E-state index contributed by atoms with van der Waals surface area (Å²) < 4.78 is 7.06. The van der Waals surface area contributed by atoms with Crippen LogP contribution < -0.4 is 10.3 Å². The van der Waals surface area contributed by atoms with Gasteiger partial charge in [-0.05, 0) is 25.0 Å². The first-order chi connectivity index (χ1) is 8.28. The molecule has 1 aliphatic carbocycles. The minimum Gasteiger partial charge on any atom is -0.497 e. The van der Waals surface area contributed by atoms with E-state index >= 15 is 0 Å². The van der Waals surface area contributed by atoms with Gasteiger partial charge in [-0.3, -0.25) is 14.6 Å². The molecular formula is C13H14N2O2. The van der Waals surface area contributed by atoms with E-state index < -0.39 is 0 Å². The van der Waals surface area contributed by atoms with Crippen molar-refractivity contribution in [3.8, 4) is 11.4 Å². The Bertz CT molecular complexity index is 593. The second-order valence-corrected chi connectivity index (χ2v) is 4.36. The molecule has 0 bridgehead atoms. The summed E-state index contributed by atoms with van der Waals surface area (Å²) >= 11 is 0. The molecule has 0 unspecified atom stereocenters. The molecule has 3 rings (SSSR count). The largest absolute Gasteiger partial charge is 0.497 e. The molecule has 2 aromatic rings. The van der Waals surface area contributed by atoms with Gasteiger partial charge >= 0.3 is 0 Å². The van der Waals surface area contributed by atoms with Gasteiger partial charge in [0.1, 0.15) is 5.75 Å². The van der Waals surface area contributed by atoms with E-state index in [0.717, 1.165) is 17.1 Å². The monoisotopic (exact) mass is 230 g/mol. The van der Waals surface area contributed by atoms with Gasteiger partial charge < -0.3 is 4.74 Å². The summed E-state index contributed by atoms with van der Waals surface area (Å²) in [5.41, 5.74) is 1.96. The first-order valence-corrected chi connectivity index (χ1v) is 5.74. The Kier molecular flexibility index (Phi) is 2.28. The molecule has 0 spiro atoms. The van der Waals surface area contributed by atoms with Crippen LogP contribution in [0, 0.1) is 0 Å². The molecule has 0 atom stereocenters. The molecule has 4 nitrogen and oxygen atoms in total. The predicted molar refractivity (Wildman–Crippen MR) is 64.9 cm³/mol. The maximum absolute atomic E-state index is 11.5. The van der Waals surface area contributed by atoms with E-state index in [4.69, 9.17) is 4.74 Å². The number of ether oxygens (including phenoxy) is 1. The van der Waals surface area contributed by atoms with Crippen molar-refractivity contribution in [1.29, 1.82) is 0 Å². The van der Waals surface area contributed by atoms with Gasteiger partial charge in [-0.2, -0.15) is 0 Å².